The highest BCUT2D eigenvalue weighted by atomic mass is 16.5. The zero-order valence-corrected chi connectivity index (χ0v) is 19.2. The highest BCUT2D eigenvalue weighted by molar-refractivity contribution is 6.45. The lowest BCUT2D eigenvalue weighted by atomic mass is 10.0. The van der Waals surface area contributed by atoms with E-state index in [1.165, 1.54) is 4.90 Å². The van der Waals surface area contributed by atoms with Crippen molar-refractivity contribution in [2.45, 2.75) is 20.4 Å². The van der Waals surface area contributed by atoms with E-state index in [9.17, 15) is 9.59 Å². The lowest BCUT2D eigenvalue weighted by Gasteiger charge is -2.21. The second-order valence-corrected chi connectivity index (χ2v) is 8.58. The van der Waals surface area contributed by atoms with Gasteiger partial charge in [-0.25, -0.2) is 4.90 Å². The van der Waals surface area contributed by atoms with E-state index in [-0.39, 0.29) is 11.8 Å². The van der Waals surface area contributed by atoms with Crippen LogP contribution in [0.15, 0.2) is 90.6 Å². The number of hydrogen-bond donors (Lipinski definition) is 0. The molecule has 0 fully saturated rings. The van der Waals surface area contributed by atoms with Gasteiger partial charge in [-0.2, -0.15) is 0 Å². The van der Waals surface area contributed by atoms with Gasteiger partial charge in [-0.1, -0.05) is 74.5 Å². The molecule has 3 aromatic carbocycles. The summed E-state index contributed by atoms with van der Waals surface area (Å²) in [5.41, 5.74) is 3.10. The van der Waals surface area contributed by atoms with E-state index in [1.54, 1.807) is 12.1 Å². The zero-order chi connectivity index (χ0) is 23.4. The van der Waals surface area contributed by atoms with Crippen LogP contribution >= 0.6 is 0 Å². The third-order valence-corrected chi connectivity index (χ3v) is 5.44. The van der Waals surface area contributed by atoms with Crippen molar-refractivity contribution >= 4 is 23.1 Å². The predicted molar refractivity (Wildman–Crippen MR) is 131 cm³/mol. The Labute approximate surface area is 194 Å². The first-order valence-corrected chi connectivity index (χ1v) is 11.1. The van der Waals surface area contributed by atoms with Crippen LogP contribution in [0, 0.1) is 5.92 Å². The van der Waals surface area contributed by atoms with E-state index >= 15 is 0 Å². The van der Waals surface area contributed by atoms with Gasteiger partial charge in [0.15, 0.2) is 0 Å². The Morgan fingerprint density at radius 3 is 2.03 bits per heavy atom. The molecule has 5 nitrogen and oxygen atoms in total. The highest BCUT2D eigenvalue weighted by Gasteiger charge is 2.41. The number of anilines is 1. The Balaban J connectivity index is 1.72. The van der Waals surface area contributed by atoms with Gasteiger partial charge in [0.1, 0.15) is 11.4 Å². The Morgan fingerprint density at radius 2 is 1.42 bits per heavy atom. The molecule has 0 N–H and O–H groups in total. The highest BCUT2D eigenvalue weighted by Crippen LogP contribution is 2.35. The number of amides is 2. The molecule has 4 rings (SSSR count). The van der Waals surface area contributed by atoms with Gasteiger partial charge >= 0.3 is 0 Å². The fourth-order valence-corrected chi connectivity index (χ4v) is 3.86. The lowest BCUT2D eigenvalue weighted by molar-refractivity contribution is -0.120. The molecule has 5 heteroatoms. The minimum Gasteiger partial charge on any atom is -0.493 e. The molecule has 0 spiro atoms. The summed E-state index contributed by atoms with van der Waals surface area (Å²) in [6.07, 6.45) is 0. The van der Waals surface area contributed by atoms with Crippen molar-refractivity contribution in [2.75, 3.05) is 18.6 Å². The number of imide groups is 1. The fraction of sp³-hybridized carbons (Fsp3) is 0.214. The first kappa shape index (κ1) is 22.3. The van der Waals surface area contributed by atoms with Crippen LogP contribution in [0.2, 0.25) is 0 Å². The van der Waals surface area contributed by atoms with Crippen molar-refractivity contribution in [3.63, 3.8) is 0 Å². The fourth-order valence-electron chi connectivity index (χ4n) is 3.86. The number of ether oxygens (including phenoxy) is 1. The number of para-hydroxylation sites is 1. The van der Waals surface area contributed by atoms with Gasteiger partial charge in [0.2, 0.25) is 0 Å². The van der Waals surface area contributed by atoms with Gasteiger partial charge in [0.25, 0.3) is 11.8 Å². The maximum atomic E-state index is 13.6. The Hall–Kier alpha value is -3.86. The average Bonchev–Trinajstić information content (AvgIpc) is 3.09. The third-order valence-electron chi connectivity index (χ3n) is 5.44. The molecule has 0 unspecified atom stereocenters. The molecule has 3 aromatic rings. The summed E-state index contributed by atoms with van der Waals surface area (Å²) in [4.78, 5) is 30.2. The maximum Gasteiger partial charge on any atom is 0.282 e. The molecule has 33 heavy (non-hydrogen) atoms. The molecule has 1 aliphatic rings. The molecular weight excluding hydrogens is 412 g/mol. The summed E-state index contributed by atoms with van der Waals surface area (Å²) in [7, 11) is 1.85. The van der Waals surface area contributed by atoms with E-state index in [2.05, 4.69) is 13.8 Å². The van der Waals surface area contributed by atoms with Crippen LogP contribution in [0.1, 0.15) is 25.0 Å². The summed E-state index contributed by atoms with van der Waals surface area (Å²) in [6, 6.07) is 26.4. The molecule has 0 aliphatic carbocycles. The Morgan fingerprint density at radius 1 is 0.818 bits per heavy atom. The quantitative estimate of drug-likeness (QED) is 0.455. The van der Waals surface area contributed by atoms with Gasteiger partial charge in [-0.15, -0.1) is 0 Å². The van der Waals surface area contributed by atoms with Gasteiger partial charge < -0.3 is 9.64 Å². The van der Waals surface area contributed by atoms with Crippen molar-refractivity contribution in [3.05, 3.63) is 102 Å². The molecule has 0 aromatic heterocycles. The summed E-state index contributed by atoms with van der Waals surface area (Å²) in [5.74, 6) is 0.514. The minimum absolute atomic E-state index is 0.320. The first-order valence-electron chi connectivity index (χ1n) is 11.1. The number of hydrogen-bond acceptors (Lipinski definition) is 4. The smallest absolute Gasteiger partial charge is 0.282 e. The SMILES string of the molecule is CC(C)COc1ccc(C2=C(N(C)Cc3ccccc3)C(=O)N(c3ccccc3)C2=O)cc1. The molecule has 2 amide bonds. The standard InChI is InChI=1S/C28H28N2O3/c1-20(2)19-33-24-16-14-22(15-17-24)25-26(29(3)18-21-10-6-4-7-11-21)28(32)30(27(25)31)23-12-8-5-9-13-23/h4-17,20H,18-19H2,1-3H3. The average molecular weight is 441 g/mol. The predicted octanol–water partition coefficient (Wildman–Crippen LogP) is 5.14. The van der Waals surface area contributed by atoms with Crippen molar-refractivity contribution in [2.24, 2.45) is 5.92 Å². The van der Waals surface area contributed by atoms with Gasteiger partial charge in [0.05, 0.1) is 17.9 Å². The summed E-state index contributed by atoms with van der Waals surface area (Å²) >= 11 is 0. The molecule has 0 saturated heterocycles. The number of nitrogens with zero attached hydrogens (tertiary/aromatic N) is 2. The van der Waals surface area contributed by atoms with E-state index in [0.29, 0.717) is 41.6 Å². The van der Waals surface area contributed by atoms with Crippen molar-refractivity contribution in [1.82, 2.24) is 4.90 Å². The van der Waals surface area contributed by atoms with Crippen LogP contribution in [0.4, 0.5) is 5.69 Å². The Bertz CT molecular complexity index is 1150. The molecule has 1 aliphatic heterocycles. The second kappa shape index (κ2) is 9.74. The zero-order valence-electron chi connectivity index (χ0n) is 19.2. The van der Waals surface area contributed by atoms with E-state index in [4.69, 9.17) is 4.74 Å². The first-order chi connectivity index (χ1) is 16.0. The maximum absolute atomic E-state index is 13.6. The van der Waals surface area contributed by atoms with Gasteiger partial charge in [0, 0.05) is 13.6 Å². The molecular formula is C28H28N2O3. The van der Waals surface area contributed by atoms with Crippen LogP contribution in [0.3, 0.4) is 0 Å². The summed E-state index contributed by atoms with van der Waals surface area (Å²) < 4.78 is 5.79. The largest absolute Gasteiger partial charge is 0.493 e. The number of likely N-dealkylation sites (N-methyl/N-ethyl adjacent to an activating group) is 1. The topological polar surface area (TPSA) is 49.9 Å². The summed E-state index contributed by atoms with van der Waals surface area (Å²) in [6.45, 7) is 5.31. The van der Waals surface area contributed by atoms with Crippen LogP contribution in [0.25, 0.3) is 5.57 Å². The van der Waals surface area contributed by atoms with Crippen molar-refractivity contribution in [1.29, 1.82) is 0 Å². The van der Waals surface area contributed by atoms with E-state index < -0.39 is 0 Å². The number of carbonyl (C=O) groups is 2. The molecule has 0 atom stereocenters. The van der Waals surface area contributed by atoms with Gasteiger partial charge in [-0.3, -0.25) is 9.59 Å². The van der Waals surface area contributed by atoms with Crippen LogP contribution < -0.4 is 9.64 Å². The number of benzene rings is 3. The monoisotopic (exact) mass is 440 g/mol. The molecule has 1 heterocycles. The lowest BCUT2D eigenvalue weighted by Crippen LogP contribution is -2.34. The molecule has 0 bridgehead atoms. The van der Waals surface area contributed by atoms with Crippen molar-refractivity contribution in [3.8, 4) is 5.75 Å². The molecule has 0 saturated carbocycles. The minimum atomic E-state index is -0.322. The molecule has 168 valence electrons. The van der Waals surface area contributed by atoms with E-state index in [1.807, 2.05) is 84.7 Å². The number of rotatable bonds is 8. The normalized spacial score (nSPS) is 13.8. The van der Waals surface area contributed by atoms with Crippen molar-refractivity contribution < 1.29 is 14.3 Å². The van der Waals surface area contributed by atoms with Gasteiger partial charge in [-0.05, 0) is 41.3 Å². The Kier molecular flexibility index (Phi) is 6.59. The van der Waals surface area contributed by atoms with E-state index in [0.717, 1.165) is 11.3 Å². The van der Waals surface area contributed by atoms with Crippen LogP contribution in [0.5, 0.6) is 5.75 Å². The van der Waals surface area contributed by atoms with Crippen LogP contribution in [-0.4, -0.2) is 30.4 Å². The van der Waals surface area contributed by atoms with Crippen LogP contribution in [-0.2, 0) is 16.1 Å². The molecule has 0 radical (unpaired) electrons. The number of carbonyl (C=O) groups excluding carboxylic acids is 2. The third kappa shape index (κ3) is 4.82. The second-order valence-electron chi connectivity index (χ2n) is 8.58. The summed E-state index contributed by atoms with van der Waals surface area (Å²) in [5, 5.41) is 0.